The maximum Gasteiger partial charge on any atom is 0.337 e. The second-order valence-electron chi connectivity index (χ2n) is 6.02. The third kappa shape index (κ3) is 4.77. The number of ether oxygens (including phenoxy) is 1. The fourth-order valence-corrected chi connectivity index (χ4v) is 3.50. The standard InChI is InChI=1S/C16H23N5O3S/c1-2-24-15(22)13-7-17-16(23)19-14(13)9-21-5-3-20(4-6-21)8-12-10-25-11-18-12/h10-11H,2-9H2,1H3,(H2,17,19,23). The molecule has 2 N–H and O–H groups in total. The smallest absolute Gasteiger partial charge is 0.337 e. The van der Waals surface area contributed by atoms with Crippen LogP contribution in [0, 0.1) is 0 Å². The van der Waals surface area contributed by atoms with Gasteiger partial charge in [0.25, 0.3) is 0 Å². The molecule has 8 nitrogen and oxygen atoms in total. The molecule has 1 fully saturated rings. The highest BCUT2D eigenvalue weighted by Gasteiger charge is 2.26. The van der Waals surface area contributed by atoms with Crippen LogP contribution >= 0.6 is 11.3 Å². The van der Waals surface area contributed by atoms with Crippen molar-refractivity contribution in [3.05, 3.63) is 27.9 Å². The van der Waals surface area contributed by atoms with Crippen LogP contribution in [-0.2, 0) is 16.1 Å². The van der Waals surface area contributed by atoms with E-state index in [0.717, 1.165) is 38.4 Å². The zero-order chi connectivity index (χ0) is 17.6. The molecule has 9 heteroatoms. The third-order valence-corrected chi connectivity index (χ3v) is 4.93. The van der Waals surface area contributed by atoms with Crippen LogP contribution in [-0.4, -0.2) is 72.7 Å². The van der Waals surface area contributed by atoms with E-state index in [4.69, 9.17) is 4.74 Å². The number of urea groups is 1. The van der Waals surface area contributed by atoms with Crippen molar-refractivity contribution in [2.45, 2.75) is 13.5 Å². The monoisotopic (exact) mass is 365 g/mol. The number of amides is 2. The van der Waals surface area contributed by atoms with Crippen molar-refractivity contribution < 1.29 is 14.3 Å². The number of carbonyl (C=O) groups is 2. The van der Waals surface area contributed by atoms with Crippen LogP contribution in [0.25, 0.3) is 0 Å². The molecule has 0 aliphatic carbocycles. The number of nitrogens with one attached hydrogen (secondary N) is 2. The minimum Gasteiger partial charge on any atom is -0.463 e. The Balaban J connectivity index is 1.57. The van der Waals surface area contributed by atoms with Gasteiger partial charge in [-0.25, -0.2) is 14.6 Å². The zero-order valence-electron chi connectivity index (χ0n) is 14.3. The van der Waals surface area contributed by atoms with E-state index in [1.165, 1.54) is 0 Å². The molecule has 0 atom stereocenters. The van der Waals surface area contributed by atoms with Crippen LogP contribution < -0.4 is 10.6 Å². The maximum atomic E-state index is 12.1. The molecule has 0 unspecified atom stereocenters. The lowest BCUT2D eigenvalue weighted by molar-refractivity contribution is -0.138. The van der Waals surface area contributed by atoms with Crippen molar-refractivity contribution >= 4 is 23.3 Å². The summed E-state index contributed by atoms with van der Waals surface area (Å²) in [5.41, 5.74) is 4.12. The summed E-state index contributed by atoms with van der Waals surface area (Å²) in [5.74, 6) is -0.368. The molecule has 1 aromatic rings. The molecule has 2 aliphatic heterocycles. The van der Waals surface area contributed by atoms with Crippen molar-refractivity contribution in [3.63, 3.8) is 0 Å². The van der Waals surface area contributed by atoms with Gasteiger partial charge < -0.3 is 15.4 Å². The lowest BCUT2D eigenvalue weighted by Crippen LogP contribution is -2.50. The van der Waals surface area contributed by atoms with Crippen LogP contribution in [0.3, 0.4) is 0 Å². The normalized spacial score (nSPS) is 19.5. The van der Waals surface area contributed by atoms with Crippen LogP contribution in [0.2, 0.25) is 0 Å². The van der Waals surface area contributed by atoms with Crippen molar-refractivity contribution in [3.8, 4) is 0 Å². The van der Waals surface area contributed by atoms with Gasteiger partial charge in [-0.2, -0.15) is 0 Å². The minimum absolute atomic E-state index is 0.212. The Labute approximate surface area is 150 Å². The van der Waals surface area contributed by atoms with Gasteiger partial charge in [0.2, 0.25) is 0 Å². The molecule has 2 amide bonds. The van der Waals surface area contributed by atoms with Crippen molar-refractivity contribution in [2.75, 3.05) is 45.9 Å². The Morgan fingerprint density at radius 1 is 1.28 bits per heavy atom. The molecule has 0 bridgehead atoms. The van der Waals surface area contributed by atoms with E-state index >= 15 is 0 Å². The first-order chi connectivity index (χ1) is 12.2. The number of rotatable bonds is 6. The Morgan fingerprint density at radius 2 is 2.00 bits per heavy atom. The second-order valence-corrected chi connectivity index (χ2v) is 6.74. The van der Waals surface area contributed by atoms with E-state index in [-0.39, 0.29) is 18.5 Å². The highest BCUT2D eigenvalue weighted by Crippen LogP contribution is 2.13. The molecule has 3 heterocycles. The molecule has 0 aromatic carbocycles. The molecule has 2 aliphatic rings. The van der Waals surface area contributed by atoms with Crippen LogP contribution in [0.1, 0.15) is 12.6 Å². The van der Waals surface area contributed by atoms with Gasteiger partial charge in [0.15, 0.2) is 0 Å². The quantitative estimate of drug-likeness (QED) is 0.710. The summed E-state index contributed by atoms with van der Waals surface area (Å²) in [4.78, 5) is 32.7. The summed E-state index contributed by atoms with van der Waals surface area (Å²) < 4.78 is 5.09. The van der Waals surface area contributed by atoms with Gasteiger partial charge in [-0.05, 0) is 6.92 Å². The average molecular weight is 365 g/mol. The number of hydrogen-bond acceptors (Lipinski definition) is 7. The van der Waals surface area contributed by atoms with Gasteiger partial charge >= 0.3 is 12.0 Å². The third-order valence-electron chi connectivity index (χ3n) is 4.29. The lowest BCUT2D eigenvalue weighted by Gasteiger charge is -2.35. The summed E-state index contributed by atoms with van der Waals surface area (Å²) in [6, 6.07) is -0.273. The van der Waals surface area contributed by atoms with Crippen molar-refractivity contribution in [1.82, 2.24) is 25.4 Å². The summed E-state index contributed by atoms with van der Waals surface area (Å²) in [5, 5.41) is 7.47. The highest BCUT2D eigenvalue weighted by atomic mass is 32.1. The maximum absolute atomic E-state index is 12.1. The molecular weight excluding hydrogens is 342 g/mol. The van der Waals surface area contributed by atoms with Gasteiger partial charge in [0, 0.05) is 50.3 Å². The Bertz CT molecular complexity index is 638. The zero-order valence-corrected chi connectivity index (χ0v) is 15.1. The lowest BCUT2D eigenvalue weighted by atomic mass is 10.1. The fraction of sp³-hybridized carbons (Fsp3) is 0.562. The first kappa shape index (κ1) is 17.8. The summed E-state index contributed by atoms with van der Waals surface area (Å²) >= 11 is 1.61. The Hall–Kier alpha value is -1.97. The van der Waals surface area contributed by atoms with Crippen LogP contribution in [0.4, 0.5) is 4.79 Å². The van der Waals surface area contributed by atoms with Gasteiger partial charge in [0.1, 0.15) is 0 Å². The first-order valence-electron chi connectivity index (χ1n) is 8.41. The second kappa shape index (κ2) is 8.41. The first-order valence-corrected chi connectivity index (χ1v) is 9.35. The Morgan fingerprint density at radius 3 is 2.64 bits per heavy atom. The van der Waals surface area contributed by atoms with Crippen LogP contribution in [0.5, 0.6) is 0 Å². The predicted molar refractivity (Wildman–Crippen MR) is 94.0 cm³/mol. The number of thiazole rings is 1. The van der Waals surface area contributed by atoms with Gasteiger partial charge in [-0.1, -0.05) is 0 Å². The summed E-state index contributed by atoms with van der Waals surface area (Å²) in [6.07, 6.45) is 0. The minimum atomic E-state index is -0.368. The van der Waals surface area contributed by atoms with Gasteiger partial charge in [-0.3, -0.25) is 9.80 Å². The van der Waals surface area contributed by atoms with Gasteiger partial charge in [0.05, 0.1) is 29.9 Å². The number of nitrogens with zero attached hydrogens (tertiary/aromatic N) is 3. The summed E-state index contributed by atoms with van der Waals surface area (Å²) in [6.45, 7) is 7.36. The molecule has 0 saturated carbocycles. The number of carbonyl (C=O) groups excluding carboxylic acids is 2. The van der Waals surface area contributed by atoms with Crippen molar-refractivity contribution in [2.24, 2.45) is 0 Å². The molecule has 0 radical (unpaired) electrons. The molecule has 25 heavy (non-hydrogen) atoms. The largest absolute Gasteiger partial charge is 0.463 e. The summed E-state index contributed by atoms with van der Waals surface area (Å²) in [7, 11) is 0. The van der Waals surface area contributed by atoms with Gasteiger partial charge in [-0.15, -0.1) is 11.3 Å². The average Bonchev–Trinajstić information content (AvgIpc) is 3.10. The van der Waals surface area contributed by atoms with E-state index in [1.54, 1.807) is 18.3 Å². The SMILES string of the molecule is CCOC(=O)C1=C(CN2CCN(Cc3cscn3)CC2)NC(=O)NC1. The van der Waals surface area contributed by atoms with E-state index in [1.807, 2.05) is 5.51 Å². The number of esters is 1. The molecule has 136 valence electrons. The molecular formula is C16H23N5O3S. The Kier molecular flexibility index (Phi) is 6.00. The fourth-order valence-electron chi connectivity index (χ4n) is 2.95. The van der Waals surface area contributed by atoms with Crippen molar-refractivity contribution in [1.29, 1.82) is 0 Å². The number of piperazine rings is 1. The van der Waals surface area contributed by atoms with Crippen LogP contribution in [0.15, 0.2) is 22.2 Å². The van der Waals surface area contributed by atoms with E-state index < -0.39 is 0 Å². The van der Waals surface area contributed by atoms with E-state index in [0.29, 0.717) is 24.4 Å². The molecule has 1 saturated heterocycles. The molecule has 0 spiro atoms. The highest BCUT2D eigenvalue weighted by molar-refractivity contribution is 7.07. The number of aromatic nitrogens is 1. The van der Waals surface area contributed by atoms with E-state index in [2.05, 4.69) is 30.8 Å². The number of hydrogen-bond donors (Lipinski definition) is 2. The van der Waals surface area contributed by atoms with E-state index in [9.17, 15) is 9.59 Å². The molecule has 3 rings (SSSR count). The topological polar surface area (TPSA) is 86.8 Å². The predicted octanol–water partition coefficient (Wildman–Crippen LogP) is 0.391. The molecule has 1 aromatic heterocycles.